The summed E-state index contributed by atoms with van der Waals surface area (Å²) in [4.78, 5) is 0. The van der Waals surface area contributed by atoms with Crippen molar-refractivity contribution in [2.75, 3.05) is 5.75 Å². The Hall–Kier alpha value is 0.0900. The van der Waals surface area contributed by atoms with Crippen LogP contribution >= 0.6 is 11.8 Å². The minimum Gasteiger partial charge on any atom is -0.157 e. The smallest absolute Gasteiger partial charge is 0.0141 e. The first-order valence-electron chi connectivity index (χ1n) is 2.66. The average molecular weight is 114 g/mol. The van der Waals surface area contributed by atoms with Gasteiger partial charge in [-0.1, -0.05) is 6.08 Å². The largest absolute Gasteiger partial charge is 0.157 e. The predicted octanol–water partition coefficient (Wildman–Crippen LogP) is 2.07. The van der Waals surface area contributed by atoms with Crippen molar-refractivity contribution in [3.63, 3.8) is 0 Å². The SMILES string of the molecule is C=CCCC1CS1. The summed E-state index contributed by atoms with van der Waals surface area (Å²) in [6.07, 6.45) is 4.56. The van der Waals surface area contributed by atoms with Crippen LogP contribution in [0.25, 0.3) is 0 Å². The second-order valence-electron chi connectivity index (χ2n) is 1.82. The Labute approximate surface area is 49.0 Å². The van der Waals surface area contributed by atoms with E-state index in [4.69, 9.17) is 0 Å². The molecule has 1 aliphatic rings. The van der Waals surface area contributed by atoms with E-state index >= 15 is 0 Å². The first kappa shape index (κ1) is 5.23. The lowest BCUT2D eigenvalue weighted by Crippen LogP contribution is -1.77. The third-order valence-electron chi connectivity index (χ3n) is 1.10. The highest BCUT2D eigenvalue weighted by atomic mass is 32.2. The third-order valence-corrected chi connectivity index (χ3v) is 2.14. The molecular weight excluding hydrogens is 104 g/mol. The predicted molar refractivity (Wildman–Crippen MR) is 35.7 cm³/mol. The van der Waals surface area contributed by atoms with Crippen molar-refractivity contribution in [2.45, 2.75) is 18.1 Å². The Morgan fingerprint density at radius 2 is 2.57 bits per heavy atom. The van der Waals surface area contributed by atoms with Gasteiger partial charge in [-0.3, -0.25) is 0 Å². The van der Waals surface area contributed by atoms with Crippen LogP contribution in [-0.2, 0) is 0 Å². The van der Waals surface area contributed by atoms with E-state index in [-0.39, 0.29) is 0 Å². The molecule has 0 radical (unpaired) electrons. The molecule has 1 fully saturated rings. The van der Waals surface area contributed by atoms with Crippen molar-refractivity contribution in [3.05, 3.63) is 12.7 Å². The average Bonchev–Trinajstić information content (AvgIpc) is 2.42. The van der Waals surface area contributed by atoms with Crippen LogP contribution in [0.2, 0.25) is 0 Å². The Bertz CT molecular complexity index is 64.6. The van der Waals surface area contributed by atoms with Gasteiger partial charge in [0, 0.05) is 11.0 Å². The zero-order valence-corrected chi connectivity index (χ0v) is 5.21. The number of thioether (sulfide) groups is 1. The maximum atomic E-state index is 3.65. The van der Waals surface area contributed by atoms with Crippen molar-refractivity contribution in [2.24, 2.45) is 0 Å². The molecule has 0 aromatic heterocycles. The van der Waals surface area contributed by atoms with E-state index in [1.165, 1.54) is 18.6 Å². The van der Waals surface area contributed by atoms with Crippen molar-refractivity contribution in [3.8, 4) is 0 Å². The van der Waals surface area contributed by atoms with Gasteiger partial charge in [-0.15, -0.1) is 6.58 Å². The maximum Gasteiger partial charge on any atom is 0.0141 e. The van der Waals surface area contributed by atoms with Crippen LogP contribution < -0.4 is 0 Å². The van der Waals surface area contributed by atoms with Crippen molar-refractivity contribution in [1.82, 2.24) is 0 Å². The van der Waals surface area contributed by atoms with Crippen LogP contribution in [0.4, 0.5) is 0 Å². The highest BCUT2D eigenvalue weighted by molar-refractivity contribution is 8.06. The van der Waals surface area contributed by atoms with Gasteiger partial charge in [-0.25, -0.2) is 0 Å². The van der Waals surface area contributed by atoms with E-state index in [2.05, 4.69) is 18.3 Å². The van der Waals surface area contributed by atoms with Gasteiger partial charge in [0.05, 0.1) is 0 Å². The van der Waals surface area contributed by atoms with Gasteiger partial charge in [0.1, 0.15) is 0 Å². The van der Waals surface area contributed by atoms with Gasteiger partial charge in [0.2, 0.25) is 0 Å². The van der Waals surface area contributed by atoms with E-state index in [0.29, 0.717) is 0 Å². The summed E-state index contributed by atoms with van der Waals surface area (Å²) >= 11 is 2.06. The summed E-state index contributed by atoms with van der Waals surface area (Å²) in [7, 11) is 0. The van der Waals surface area contributed by atoms with Gasteiger partial charge in [0.15, 0.2) is 0 Å². The van der Waals surface area contributed by atoms with E-state index in [0.717, 1.165) is 5.25 Å². The summed E-state index contributed by atoms with van der Waals surface area (Å²) < 4.78 is 0. The summed E-state index contributed by atoms with van der Waals surface area (Å²) in [6, 6.07) is 0. The van der Waals surface area contributed by atoms with Crippen LogP contribution in [0.1, 0.15) is 12.8 Å². The minimum atomic E-state index is 0.998. The van der Waals surface area contributed by atoms with Crippen LogP contribution in [0.5, 0.6) is 0 Å². The summed E-state index contributed by atoms with van der Waals surface area (Å²) in [6.45, 7) is 3.65. The normalized spacial score (nSPS) is 27.1. The van der Waals surface area contributed by atoms with Crippen molar-refractivity contribution < 1.29 is 0 Å². The fraction of sp³-hybridized carbons (Fsp3) is 0.667. The Morgan fingerprint density at radius 3 is 3.00 bits per heavy atom. The molecule has 1 unspecified atom stereocenters. The molecule has 7 heavy (non-hydrogen) atoms. The van der Waals surface area contributed by atoms with Gasteiger partial charge in [0.25, 0.3) is 0 Å². The highest BCUT2D eigenvalue weighted by Crippen LogP contribution is 2.33. The Balaban J connectivity index is 1.88. The zero-order chi connectivity index (χ0) is 5.11. The van der Waals surface area contributed by atoms with Crippen LogP contribution in [0, 0.1) is 0 Å². The summed E-state index contributed by atoms with van der Waals surface area (Å²) in [5, 5.41) is 0.998. The topological polar surface area (TPSA) is 0 Å². The first-order chi connectivity index (χ1) is 3.43. The molecule has 0 nitrogen and oxygen atoms in total. The molecule has 0 spiro atoms. The monoisotopic (exact) mass is 114 g/mol. The van der Waals surface area contributed by atoms with Gasteiger partial charge >= 0.3 is 0 Å². The lowest BCUT2D eigenvalue weighted by molar-refractivity contribution is 0.888. The van der Waals surface area contributed by atoms with Gasteiger partial charge in [-0.2, -0.15) is 11.8 Å². The fourth-order valence-electron chi connectivity index (χ4n) is 0.538. The second-order valence-corrected chi connectivity index (χ2v) is 3.15. The van der Waals surface area contributed by atoms with E-state index in [1.54, 1.807) is 0 Å². The summed E-state index contributed by atoms with van der Waals surface area (Å²) in [5.74, 6) is 1.40. The number of rotatable bonds is 3. The molecule has 1 atom stereocenters. The molecule has 0 aromatic carbocycles. The Morgan fingerprint density at radius 1 is 1.86 bits per heavy atom. The molecule has 0 N–H and O–H groups in total. The fourth-order valence-corrected chi connectivity index (χ4v) is 1.14. The molecular formula is C6H10S. The molecule has 0 aromatic rings. The Kier molecular flexibility index (Phi) is 1.80. The molecule has 0 amide bonds. The molecule has 1 saturated heterocycles. The molecule has 0 saturated carbocycles. The second kappa shape index (κ2) is 2.41. The third kappa shape index (κ3) is 2.03. The van der Waals surface area contributed by atoms with E-state index < -0.39 is 0 Å². The standard InChI is InChI=1S/C6H10S/c1-2-3-4-6-5-7-6/h2,6H,1,3-5H2. The molecule has 1 heteroatoms. The zero-order valence-electron chi connectivity index (χ0n) is 4.39. The van der Waals surface area contributed by atoms with Crippen molar-refractivity contribution >= 4 is 11.8 Å². The van der Waals surface area contributed by atoms with Gasteiger partial charge < -0.3 is 0 Å². The van der Waals surface area contributed by atoms with Crippen molar-refractivity contribution in [1.29, 1.82) is 0 Å². The number of hydrogen-bond acceptors (Lipinski definition) is 1. The molecule has 0 aliphatic carbocycles. The van der Waals surface area contributed by atoms with Crippen LogP contribution in [0.15, 0.2) is 12.7 Å². The highest BCUT2D eigenvalue weighted by Gasteiger charge is 2.20. The maximum absolute atomic E-state index is 3.65. The quantitative estimate of drug-likeness (QED) is 0.400. The summed E-state index contributed by atoms with van der Waals surface area (Å²) in [5.41, 5.74) is 0. The molecule has 40 valence electrons. The molecule has 1 rings (SSSR count). The van der Waals surface area contributed by atoms with Gasteiger partial charge in [-0.05, 0) is 12.8 Å². The molecule has 1 aliphatic heterocycles. The number of hydrogen-bond donors (Lipinski definition) is 0. The minimum absolute atomic E-state index is 0.998. The van der Waals surface area contributed by atoms with Crippen LogP contribution in [-0.4, -0.2) is 11.0 Å². The molecule has 1 heterocycles. The number of allylic oxidation sites excluding steroid dienone is 1. The van der Waals surface area contributed by atoms with E-state index in [1.807, 2.05) is 6.08 Å². The van der Waals surface area contributed by atoms with Crippen LogP contribution in [0.3, 0.4) is 0 Å². The lowest BCUT2D eigenvalue weighted by Gasteiger charge is -1.83. The first-order valence-corrected chi connectivity index (χ1v) is 3.71. The molecule has 0 bridgehead atoms. The lowest BCUT2D eigenvalue weighted by atomic mass is 10.2. The van der Waals surface area contributed by atoms with E-state index in [9.17, 15) is 0 Å².